The molecule has 4 aliphatic carbocycles. The van der Waals surface area contributed by atoms with Gasteiger partial charge in [0.1, 0.15) is 0 Å². The normalized spacial score (nSPS) is 32.8. The van der Waals surface area contributed by atoms with E-state index < -0.39 is 10.8 Å². The Kier molecular flexibility index (Phi) is 8.01. The molecule has 39 heavy (non-hydrogen) atoms. The molecule has 4 nitrogen and oxygen atoms in total. The number of terminal acetylenes is 1. The van der Waals surface area contributed by atoms with E-state index in [1.807, 2.05) is 26.8 Å². The van der Waals surface area contributed by atoms with Crippen LogP contribution in [0.25, 0.3) is 0 Å². The predicted octanol–water partition coefficient (Wildman–Crippen LogP) is 6.18. The summed E-state index contributed by atoms with van der Waals surface area (Å²) >= 11 is 0. The van der Waals surface area contributed by atoms with Gasteiger partial charge in [-0.05, 0) is 111 Å². The molecule has 3 fully saturated rings. The van der Waals surface area contributed by atoms with Crippen LogP contribution in [0.4, 0.5) is 5.69 Å². The molecule has 0 radical (unpaired) electrons. The number of anilines is 1. The third-order valence-corrected chi connectivity index (χ3v) is 11.2. The second-order valence-corrected chi connectivity index (χ2v) is 15.2. The average molecular weight is 548 g/mol. The zero-order valence-electron chi connectivity index (χ0n) is 24.2. The van der Waals surface area contributed by atoms with Gasteiger partial charge in [0.15, 0.2) is 5.78 Å². The third kappa shape index (κ3) is 5.70. The Balaban J connectivity index is 0.000000465. The molecule has 0 amide bonds. The minimum atomic E-state index is -0.666. The number of hydrogen-bond acceptors (Lipinski definition) is 4. The lowest BCUT2D eigenvalue weighted by atomic mass is 9.53. The van der Waals surface area contributed by atoms with Gasteiger partial charge in [-0.3, -0.25) is 9.00 Å². The number of aliphatic hydroxyl groups excluding tert-OH is 1. The molecule has 1 saturated heterocycles. The number of hydrogen-bond donors (Lipinski definition) is 1. The van der Waals surface area contributed by atoms with Crippen LogP contribution in [-0.4, -0.2) is 45.8 Å². The summed E-state index contributed by atoms with van der Waals surface area (Å²) in [5.41, 5.74) is 6.98. The van der Waals surface area contributed by atoms with Gasteiger partial charge < -0.3 is 10.0 Å². The van der Waals surface area contributed by atoms with Gasteiger partial charge in [0, 0.05) is 58.8 Å². The van der Waals surface area contributed by atoms with Gasteiger partial charge in [-0.1, -0.05) is 24.6 Å². The number of ketones is 1. The predicted molar refractivity (Wildman–Crippen MR) is 161 cm³/mol. The molecule has 1 N–H and O–H groups in total. The number of nitrogens with zero attached hydrogens (tertiary/aromatic N) is 1. The summed E-state index contributed by atoms with van der Waals surface area (Å²) in [7, 11) is -0.666. The summed E-state index contributed by atoms with van der Waals surface area (Å²) in [5.74, 6) is 5.81. The first-order valence-corrected chi connectivity index (χ1v) is 16.3. The molecule has 0 spiro atoms. The van der Waals surface area contributed by atoms with Crippen molar-refractivity contribution in [3.05, 3.63) is 52.6 Å². The molecule has 2 saturated carbocycles. The van der Waals surface area contributed by atoms with E-state index in [4.69, 9.17) is 6.42 Å². The fraction of sp³-hybridized carbons (Fsp3) is 0.618. The first kappa shape index (κ1) is 28.4. The lowest BCUT2D eigenvalue weighted by Crippen LogP contribution is -2.45. The van der Waals surface area contributed by atoms with E-state index in [-0.39, 0.29) is 22.7 Å². The van der Waals surface area contributed by atoms with Crippen molar-refractivity contribution in [2.24, 2.45) is 22.7 Å². The molecule has 210 valence electrons. The number of allylic oxidation sites excluding steroid dienone is 4. The Hall–Kier alpha value is -2.16. The summed E-state index contributed by atoms with van der Waals surface area (Å²) in [5, 5.41) is 11.0. The van der Waals surface area contributed by atoms with Crippen LogP contribution in [0.5, 0.6) is 0 Å². The lowest BCUT2D eigenvalue weighted by molar-refractivity contribution is -0.114. The Morgan fingerprint density at radius 3 is 2.36 bits per heavy atom. The third-order valence-electron chi connectivity index (χ3n) is 9.95. The van der Waals surface area contributed by atoms with E-state index in [1.54, 1.807) is 5.57 Å². The fourth-order valence-electron chi connectivity index (χ4n) is 7.75. The molecule has 0 bridgehead atoms. The zero-order valence-corrected chi connectivity index (χ0v) is 25.0. The number of benzene rings is 1. The summed E-state index contributed by atoms with van der Waals surface area (Å²) in [6.45, 7) is 10.1. The van der Waals surface area contributed by atoms with Crippen LogP contribution >= 0.6 is 0 Å². The van der Waals surface area contributed by atoms with E-state index in [2.05, 4.69) is 42.0 Å². The SMILES string of the molecule is C#CC(C)(C)C.CC12CC(c3ccc(N4CCS(=O)CC4)cc3)C3=C4CCC(=O)C=C4CCC3C1CCC2O. The highest BCUT2D eigenvalue weighted by Crippen LogP contribution is 2.63. The Bertz CT molecular complexity index is 1220. The van der Waals surface area contributed by atoms with Crippen molar-refractivity contribution in [3.63, 3.8) is 0 Å². The van der Waals surface area contributed by atoms with E-state index >= 15 is 0 Å². The van der Waals surface area contributed by atoms with Gasteiger partial charge >= 0.3 is 0 Å². The molecule has 5 aliphatic rings. The molecular weight excluding hydrogens is 502 g/mol. The molecule has 5 heteroatoms. The Morgan fingerprint density at radius 2 is 1.72 bits per heavy atom. The Morgan fingerprint density at radius 1 is 1.05 bits per heavy atom. The first-order chi connectivity index (χ1) is 18.5. The van der Waals surface area contributed by atoms with Crippen LogP contribution in [0.3, 0.4) is 0 Å². The number of rotatable bonds is 2. The maximum absolute atomic E-state index is 12.2. The van der Waals surface area contributed by atoms with Crippen molar-refractivity contribution in [2.75, 3.05) is 29.5 Å². The maximum Gasteiger partial charge on any atom is 0.156 e. The molecule has 1 heterocycles. The largest absolute Gasteiger partial charge is 0.393 e. The quantitative estimate of drug-likeness (QED) is 0.449. The zero-order chi connectivity index (χ0) is 27.9. The molecule has 1 aromatic carbocycles. The maximum atomic E-state index is 12.2. The minimum absolute atomic E-state index is 0.0271. The van der Waals surface area contributed by atoms with E-state index in [9.17, 15) is 14.1 Å². The molecule has 5 unspecified atom stereocenters. The average Bonchev–Trinajstić information content (AvgIpc) is 3.22. The summed E-state index contributed by atoms with van der Waals surface area (Å²) in [6.07, 6.45) is 13.5. The summed E-state index contributed by atoms with van der Waals surface area (Å²) in [6, 6.07) is 9.08. The number of carbonyl (C=O) groups excluding carboxylic acids is 1. The topological polar surface area (TPSA) is 57.6 Å². The molecular formula is C34H45NO3S. The van der Waals surface area contributed by atoms with Crippen LogP contribution in [0.2, 0.25) is 0 Å². The van der Waals surface area contributed by atoms with Crippen LogP contribution in [0, 0.1) is 35.0 Å². The second kappa shape index (κ2) is 11.0. The van der Waals surface area contributed by atoms with E-state index in [0.717, 1.165) is 63.1 Å². The number of aliphatic hydroxyl groups is 1. The summed E-state index contributed by atoms with van der Waals surface area (Å²) in [4.78, 5) is 14.5. The van der Waals surface area contributed by atoms with Crippen molar-refractivity contribution in [1.82, 2.24) is 0 Å². The Labute approximate surface area is 237 Å². The van der Waals surface area contributed by atoms with Gasteiger partial charge in [-0.15, -0.1) is 12.3 Å². The number of carbonyl (C=O) groups is 1. The van der Waals surface area contributed by atoms with E-state index in [1.165, 1.54) is 22.4 Å². The molecule has 5 atom stereocenters. The van der Waals surface area contributed by atoms with Gasteiger partial charge in [0.05, 0.1) is 6.10 Å². The van der Waals surface area contributed by atoms with Crippen LogP contribution in [-0.2, 0) is 15.6 Å². The van der Waals surface area contributed by atoms with E-state index in [0.29, 0.717) is 24.2 Å². The standard InChI is InChI=1S/C28H35NO3S.C6H10/c1-28-17-24(18-2-5-20(6-3-18)29-12-14-33(32)15-13-29)27-22-9-7-21(30)16-19(22)4-8-23(27)25(28)10-11-26(28)31;1-5-6(2,3)4/h2-3,5-6,16,23-26,31H,4,7-15,17H2,1H3;1H,2-4H3. The monoisotopic (exact) mass is 547 g/mol. The fourth-order valence-corrected chi connectivity index (χ4v) is 8.80. The van der Waals surface area contributed by atoms with Gasteiger partial charge in [-0.2, -0.15) is 0 Å². The highest BCUT2D eigenvalue weighted by Gasteiger charge is 2.56. The highest BCUT2D eigenvalue weighted by atomic mass is 32.2. The second-order valence-electron chi connectivity index (χ2n) is 13.5. The van der Waals surface area contributed by atoms with Crippen molar-refractivity contribution in [2.45, 2.75) is 84.7 Å². The van der Waals surface area contributed by atoms with Crippen molar-refractivity contribution >= 4 is 22.3 Å². The smallest absolute Gasteiger partial charge is 0.156 e. The molecule has 0 aromatic heterocycles. The van der Waals surface area contributed by atoms with Crippen molar-refractivity contribution < 1.29 is 14.1 Å². The minimum Gasteiger partial charge on any atom is -0.393 e. The lowest BCUT2D eigenvalue weighted by Gasteiger charge is -2.52. The van der Waals surface area contributed by atoms with Gasteiger partial charge in [0.25, 0.3) is 0 Å². The van der Waals surface area contributed by atoms with Gasteiger partial charge in [0.2, 0.25) is 0 Å². The number of fused-ring (bicyclic) bond motifs is 4. The molecule has 1 aromatic rings. The summed E-state index contributed by atoms with van der Waals surface area (Å²) < 4.78 is 11.8. The molecule has 1 aliphatic heterocycles. The molecule has 6 rings (SSSR count). The first-order valence-electron chi connectivity index (χ1n) is 14.8. The highest BCUT2D eigenvalue weighted by molar-refractivity contribution is 7.85. The van der Waals surface area contributed by atoms with Crippen LogP contribution < -0.4 is 4.90 Å². The van der Waals surface area contributed by atoms with Crippen LogP contribution in [0.1, 0.15) is 84.1 Å². The van der Waals surface area contributed by atoms with Crippen molar-refractivity contribution in [1.29, 1.82) is 0 Å². The van der Waals surface area contributed by atoms with Crippen LogP contribution in [0.15, 0.2) is 47.1 Å². The van der Waals surface area contributed by atoms with Gasteiger partial charge in [-0.25, -0.2) is 0 Å². The van der Waals surface area contributed by atoms with Crippen molar-refractivity contribution in [3.8, 4) is 12.3 Å².